The first-order chi connectivity index (χ1) is 15.2. The number of amides is 2. The number of rotatable bonds is 7. The number of hydrogen-bond acceptors (Lipinski definition) is 4. The van der Waals surface area contributed by atoms with E-state index in [2.05, 4.69) is 4.83 Å². The molecule has 0 bridgehead atoms. The summed E-state index contributed by atoms with van der Waals surface area (Å²) in [5.41, 5.74) is 6.65. The van der Waals surface area contributed by atoms with Crippen LogP contribution in [0.3, 0.4) is 0 Å². The minimum absolute atomic E-state index is 0.0146. The summed E-state index contributed by atoms with van der Waals surface area (Å²) in [5.74, 6) is -1.36. The maximum Gasteiger partial charge on any atom is 0.335 e. The molecular formula is C22H28FN5O3S. The average Bonchev–Trinajstić information content (AvgIpc) is 3.04. The summed E-state index contributed by atoms with van der Waals surface area (Å²) in [6.45, 7) is 1.02. The Kier molecular flexibility index (Phi) is 7.81. The Labute approximate surface area is 187 Å². The predicted molar refractivity (Wildman–Crippen MR) is 121 cm³/mol. The number of benzene rings is 2. The number of hydrogen-bond donors (Lipinski definition) is 3. The molecule has 0 spiro atoms. The maximum atomic E-state index is 14.0. The average molecular weight is 462 g/mol. The Balaban J connectivity index is 1.85. The van der Waals surface area contributed by atoms with Gasteiger partial charge in [0.15, 0.2) is 0 Å². The standard InChI is InChI=1S/C22H28FN5O3S/c23-20-11-4-3-9-19(20)16-32(30,31)26-28(22(29)27-12-5-1-2-6-13-27)15-17-8-7-10-18(14-17)21(24)25/h3-4,7-11,14,26H,1-2,5-6,12-13,15-16H2,(H3,24,25). The summed E-state index contributed by atoms with van der Waals surface area (Å²) in [4.78, 5) is 17.2. The van der Waals surface area contributed by atoms with Gasteiger partial charge in [0.1, 0.15) is 11.7 Å². The van der Waals surface area contributed by atoms with E-state index in [0.29, 0.717) is 24.2 Å². The number of nitrogens with two attached hydrogens (primary N) is 1. The van der Waals surface area contributed by atoms with Crippen LogP contribution in [-0.2, 0) is 22.3 Å². The summed E-state index contributed by atoms with van der Waals surface area (Å²) in [6, 6.07) is 11.9. The first kappa shape index (κ1) is 23.7. The number of nitrogens with one attached hydrogen (secondary N) is 2. The molecule has 1 aliphatic heterocycles. The number of carbonyl (C=O) groups is 1. The maximum absolute atomic E-state index is 14.0. The Hall–Kier alpha value is -2.98. The zero-order chi connectivity index (χ0) is 23.1. The normalized spacial score (nSPS) is 14.6. The second-order valence-corrected chi connectivity index (χ2v) is 9.53. The lowest BCUT2D eigenvalue weighted by Gasteiger charge is -2.30. The van der Waals surface area contributed by atoms with Crippen LogP contribution in [0.5, 0.6) is 0 Å². The van der Waals surface area contributed by atoms with E-state index in [1.54, 1.807) is 35.2 Å². The number of nitrogen functional groups attached to an aromatic ring is 1. The number of carbonyl (C=O) groups excluding carboxylic acids is 1. The third-order valence-corrected chi connectivity index (χ3v) is 6.43. The van der Waals surface area contributed by atoms with E-state index < -0.39 is 27.6 Å². The topological polar surface area (TPSA) is 120 Å². The Morgan fingerprint density at radius 3 is 2.44 bits per heavy atom. The quantitative estimate of drug-likeness (QED) is 0.334. The zero-order valence-electron chi connectivity index (χ0n) is 17.8. The van der Waals surface area contributed by atoms with E-state index in [4.69, 9.17) is 11.1 Å². The van der Waals surface area contributed by atoms with E-state index in [1.807, 2.05) is 0 Å². The Morgan fingerprint density at radius 1 is 1.09 bits per heavy atom. The number of halogens is 1. The van der Waals surface area contributed by atoms with Crippen LogP contribution >= 0.6 is 0 Å². The van der Waals surface area contributed by atoms with Gasteiger partial charge in [-0.15, -0.1) is 4.83 Å². The molecule has 2 amide bonds. The van der Waals surface area contributed by atoms with Gasteiger partial charge in [0.05, 0.1) is 12.3 Å². The number of nitrogens with zero attached hydrogens (tertiary/aromatic N) is 2. The van der Waals surface area contributed by atoms with Gasteiger partial charge in [-0.2, -0.15) is 0 Å². The molecule has 2 aromatic rings. The van der Waals surface area contributed by atoms with E-state index in [9.17, 15) is 17.6 Å². The van der Waals surface area contributed by atoms with E-state index in [0.717, 1.165) is 30.7 Å². The molecule has 0 unspecified atom stereocenters. The van der Waals surface area contributed by atoms with E-state index >= 15 is 0 Å². The molecule has 4 N–H and O–H groups in total. The highest BCUT2D eigenvalue weighted by Gasteiger charge is 2.27. The summed E-state index contributed by atoms with van der Waals surface area (Å²) in [7, 11) is -4.07. The minimum Gasteiger partial charge on any atom is -0.384 e. The third-order valence-electron chi connectivity index (χ3n) is 5.24. The molecule has 0 saturated carbocycles. The van der Waals surface area contributed by atoms with Crippen molar-refractivity contribution in [2.45, 2.75) is 38.0 Å². The molecule has 0 radical (unpaired) electrons. The van der Waals surface area contributed by atoms with Gasteiger partial charge in [0, 0.05) is 24.2 Å². The molecule has 32 heavy (non-hydrogen) atoms. The van der Waals surface area contributed by atoms with Crippen molar-refractivity contribution in [2.75, 3.05) is 13.1 Å². The molecule has 0 aromatic heterocycles. The number of urea groups is 1. The molecule has 3 rings (SSSR count). The fraction of sp³-hybridized carbons (Fsp3) is 0.364. The van der Waals surface area contributed by atoms with Crippen LogP contribution in [0, 0.1) is 11.2 Å². The van der Waals surface area contributed by atoms with Crippen LogP contribution in [0.2, 0.25) is 0 Å². The highest BCUT2D eigenvalue weighted by atomic mass is 32.2. The van der Waals surface area contributed by atoms with Gasteiger partial charge < -0.3 is 10.6 Å². The second-order valence-electron chi connectivity index (χ2n) is 7.83. The molecule has 0 atom stereocenters. The molecule has 0 aliphatic carbocycles. The van der Waals surface area contributed by atoms with Gasteiger partial charge in [-0.05, 0) is 30.5 Å². The van der Waals surface area contributed by atoms with Crippen molar-refractivity contribution >= 4 is 21.9 Å². The van der Waals surface area contributed by atoms with Gasteiger partial charge in [0.2, 0.25) is 10.0 Å². The monoisotopic (exact) mass is 461 g/mol. The van der Waals surface area contributed by atoms with Crippen molar-refractivity contribution in [1.29, 1.82) is 5.41 Å². The summed E-state index contributed by atoms with van der Waals surface area (Å²) < 4.78 is 39.7. The molecule has 8 nitrogen and oxygen atoms in total. The fourth-order valence-electron chi connectivity index (χ4n) is 3.61. The Bertz CT molecular complexity index is 1070. The van der Waals surface area contributed by atoms with Crippen molar-refractivity contribution in [3.05, 3.63) is 71.0 Å². The molecule has 1 fully saturated rings. The van der Waals surface area contributed by atoms with Gasteiger partial charge in [-0.3, -0.25) is 5.41 Å². The van der Waals surface area contributed by atoms with Gasteiger partial charge >= 0.3 is 6.03 Å². The van der Waals surface area contributed by atoms with Crippen LogP contribution in [0.4, 0.5) is 9.18 Å². The number of hydrazine groups is 1. The lowest BCUT2D eigenvalue weighted by Crippen LogP contribution is -2.52. The van der Waals surface area contributed by atoms with Crippen LogP contribution in [0.1, 0.15) is 42.4 Å². The van der Waals surface area contributed by atoms with Crippen LogP contribution in [0.25, 0.3) is 0 Å². The highest BCUT2D eigenvalue weighted by molar-refractivity contribution is 7.88. The molecule has 10 heteroatoms. The zero-order valence-corrected chi connectivity index (χ0v) is 18.6. The molecule has 1 saturated heterocycles. The van der Waals surface area contributed by atoms with E-state index in [-0.39, 0.29) is 17.9 Å². The molecule has 1 aliphatic rings. The van der Waals surface area contributed by atoms with E-state index in [1.165, 1.54) is 18.2 Å². The van der Waals surface area contributed by atoms with Crippen LogP contribution in [0.15, 0.2) is 48.5 Å². The summed E-state index contributed by atoms with van der Waals surface area (Å²) in [5, 5.41) is 8.66. The van der Waals surface area contributed by atoms with Gasteiger partial charge in [-0.25, -0.2) is 22.6 Å². The molecule has 2 aromatic carbocycles. The smallest absolute Gasteiger partial charge is 0.335 e. The minimum atomic E-state index is -4.07. The number of likely N-dealkylation sites (tertiary alicyclic amines) is 1. The second kappa shape index (κ2) is 10.6. The molecular weight excluding hydrogens is 433 g/mol. The molecule has 1 heterocycles. The molecule has 172 valence electrons. The fourth-order valence-corrected chi connectivity index (χ4v) is 4.80. The number of sulfonamides is 1. The first-order valence-corrected chi connectivity index (χ1v) is 12.1. The van der Waals surface area contributed by atoms with Crippen molar-refractivity contribution in [3.8, 4) is 0 Å². The third kappa shape index (κ3) is 6.51. The summed E-state index contributed by atoms with van der Waals surface area (Å²) >= 11 is 0. The van der Waals surface area contributed by atoms with Crippen molar-refractivity contribution in [3.63, 3.8) is 0 Å². The largest absolute Gasteiger partial charge is 0.384 e. The number of amidine groups is 1. The van der Waals surface area contributed by atoms with Gasteiger partial charge in [0.25, 0.3) is 0 Å². The lowest BCUT2D eigenvalue weighted by atomic mass is 10.1. The SMILES string of the molecule is N=C(N)c1cccc(CN(NS(=O)(=O)Cc2ccccc2F)C(=O)N2CCCCCC2)c1. The Morgan fingerprint density at radius 2 is 1.78 bits per heavy atom. The van der Waals surface area contributed by atoms with Crippen molar-refractivity contribution < 1.29 is 17.6 Å². The van der Waals surface area contributed by atoms with Crippen molar-refractivity contribution in [2.24, 2.45) is 5.73 Å². The predicted octanol–water partition coefficient (Wildman–Crippen LogP) is 2.94. The van der Waals surface area contributed by atoms with Crippen molar-refractivity contribution in [1.82, 2.24) is 14.7 Å². The van der Waals surface area contributed by atoms with Crippen LogP contribution < -0.4 is 10.6 Å². The lowest BCUT2D eigenvalue weighted by molar-refractivity contribution is 0.142. The summed E-state index contributed by atoms with van der Waals surface area (Å²) in [6.07, 6.45) is 3.73. The first-order valence-electron chi connectivity index (χ1n) is 10.5. The highest BCUT2D eigenvalue weighted by Crippen LogP contribution is 2.16. The van der Waals surface area contributed by atoms with Gasteiger partial charge in [-0.1, -0.05) is 49.2 Å². The van der Waals surface area contributed by atoms with Crippen LogP contribution in [-0.4, -0.2) is 43.3 Å².